The number of carbonyl (C=O) groups excluding carboxylic acids is 1. The number of ether oxygens (including phenoxy) is 2. The van der Waals surface area contributed by atoms with Crippen molar-refractivity contribution in [3.63, 3.8) is 0 Å². The first-order chi connectivity index (χ1) is 10.8. The lowest BCUT2D eigenvalue weighted by atomic mass is 9.89. The normalized spacial score (nSPS) is 17.2. The van der Waals surface area contributed by atoms with E-state index in [2.05, 4.69) is 4.90 Å². The molecule has 1 rings (SSSR count). The maximum absolute atomic E-state index is 12.2. The van der Waals surface area contributed by atoms with Crippen LogP contribution in [0.2, 0.25) is 0 Å². The van der Waals surface area contributed by atoms with E-state index in [9.17, 15) is 4.79 Å². The van der Waals surface area contributed by atoms with Gasteiger partial charge in [-0.2, -0.15) is 0 Å². The van der Waals surface area contributed by atoms with Crippen LogP contribution in [-0.2, 0) is 35.1 Å². The highest BCUT2D eigenvalue weighted by atomic mass is 32.9. The van der Waals surface area contributed by atoms with E-state index in [1.54, 1.807) is 0 Å². The smallest absolute Gasteiger partial charge is 0.311 e. The Morgan fingerprint density at radius 3 is 2.48 bits per heavy atom. The van der Waals surface area contributed by atoms with Crippen LogP contribution in [0.25, 0.3) is 0 Å². The number of hydrogen-bond acceptors (Lipinski definition) is 8. The standard InChI is InChI=1S/C14H28NO5PS2/c1-14(2,5-6-15-7-9-19-10-8-15)13(16)20-11-12-23-21(22,17-3)18-4/h5-12H2,1-4H3. The molecule has 0 aliphatic carbocycles. The molecule has 136 valence electrons. The third-order valence-electron chi connectivity index (χ3n) is 3.72. The van der Waals surface area contributed by atoms with Crippen molar-refractivity contribution >= 4 is 34.9 Å². The molecule has 0 radical (unpaired) electrons. The fraction of sp³-hybridized carbons (Fsp3) is 0.929. The Balaban J connectivity index is 2.27. The van der Waals surface area contributed by atoms with Crippen molar-refractivity contribution in [1.82, 2.24) is 4.90 Å². The molecule has 0 amide bonds. The molecule has 0 unspecified atom stereocenters. The molecule has 0 atom stereocenters. The second kappa shape index (κ2) is 10.3. The molecule has 0 aromatic heterocycles. The lowest BCUT2D eigenvalue weighted by Crippen LogP contribution is -2.39. The number of morpholine rings is 1. The minimum atomic E-state index is -2.27. The number of esters is 1. The van der Waals surface area contributed by atoms with Crippen molar-refractivity contribution in [2.75, 3.05) is 59.4 Å². The Kier molecular flexibility index (Phi) is 9.59. The van der Waals surface area contributed by atoms with E-state index >= 15 is 0 Å². The fourth-order valence-electron chi connectivity index (χ4n) is 2.02. The van der Waals surface area contributed by atoms with Crippen molar-refractivity contribution in [2.24, 2.45) is 5.41 Å². The second-order valence-corrected chi connectivity index (χ2v) is 12.5. The third-order valence-corrected chi connectivity index (χ3v) is 9.52. The van der Waals surface area contributed by atoms with Gasteiger partial charge in [-0.25, -0.2) is 0 Å². The predicted octanol–water partition coefficient (Wildman–Crippen LogP) is 2.53. The molecular formula is C14H28NO5PS2. The third kappa shape index (κ3) is 7.82. The summed E-state index contributed by atoms with van der Waals surface area (Å²) in [5.74, 6) is 0.402. The van der Waals surface area contributed by atoms with E-state index in [0.717, 1.165) is 39.3 Å². The average Bonchev–Trinajstić information content (AvgIpc) is 2.57. The summed E-state index contributed by atoms with van der Waals surface area (Å²) in [4.78, 5) is 14.6. The van der Waals surface area contributed by atoms with E-state index < -0.39 is 11.1 Å². The Hall–Kier alpha value is 0.310. The van der Waals surface area contributed by atoms with Gasteiger partial charge in [-0.15, -0.1) is 0 Å². The number of hydrogen-bond donors (Lipinski definition) is 0. The first-order valence-corrected chi connectivity index (χ1v) is 11.9. The molecule has 1 aliphatic heterocycles. The van der Waals surface area contributed by atoms with Gasteiger partial charge < -0.3 is 18.5 Å². The molecule has 1 heterocycles. The van der Waals surface area contributed by atoms with Gasteiger partial charge in [0.1, 0.15) is 6.61 Å². The minimum Gasteiger partial charge on any atom is -0.464 e. The van der Waals surface area contributed by atoms with Crippen molar-refractivity contribution in [2.45, 2.75) is 20.3 Å². The van der Waals surface area contributed by atoms with Crippen LogP contribution in [0.4, 0.5) is 0 Å². The Morgan fingerprint density at radius 1 is 1.30 bits per heavy atom. The fourth-order valence-corrected chi connectivity index (χ4v) is 4.96. The summed E-state index contributed by atoms with van der Waals surface area (Å²) in [6.07, 6.45) is 0.771. The van der Waals surface area contributed by atoms with Crippen molar-refractivity contribution in [3.8, 4) is 0 Å². The number of rotatable bonds is 10. The average molecular weight is 385 g/mol. The summed E-state index contributed by atoms with van der Waals surface area (Å²) in [5, 5.41) is 0. The summed E-state index contributed by atoms with van der Waals surface area (Å²) in [6.45, 7) is 8.46. The van der Waals surface area contributed by atoms with Gasteiger partial charge in [0.25, 0.3) is 0 Å². The topological polar surface area (TPSA) is 57.2 Å². The maximum Gasteiger partial charge on any atom is 0.311 e. The molecule has 0 aromatic rings. The predicted molar refractivity (Wildman–Crippen MR) is 97.4 cm³/mol. The van der Waals surface area contributed by atoms with Gasteiger partial charge in [0.05, 0.1) is 18.6 Å². The molecule has 1 saturated heterocycles. The lowest BCUT2D eigenvalue weighted by molar-refractivity contribution is -0.153. The quantitative estimate of drug-likeness (QED) is 0.323. The van der Waals surface area contributed by atoms with E-state index in [4.69, 9.17) is 30.3 Å². The summed E-state index contributed by atoms with van der Waals surface area (Å²) in [5.41, 5.74) is -2.77. The Labute approximate surface area is 148 Å². The molecule has 0 N–H and O–H groups in total. The van der Waals surface area contributed by atoms with Crippen LogP contribution in [0.5, 0.6) is 0 Å². The summed E-state index contributed by atoms with van der Waals surface area (Å²) in [7, 11) is 3.08. The van der Waals surface area contributed by atoms with Crippen LogP contribution in [-0.4, -0.2) is 70.3 Å². The summed E-state index contributed by atoms with van der Waals surface area (Å²) in [6, 6.07) is 0. The molecule has 0 aromatic carbocycles. The van der Waals surface area contributed by atoms with Gasteiger partial charge >= 0.3 is 5.97 Å². The number of nitrogens with zero attached hydrogens (tertiary/aromatic N) is 1. The van der Waals surface area contributed by atoms with Crippen LogP contribution in [0.15, 0.2) is 0 Å². The maximum atomic E-state index is 12.2. The highest BCUT2D eigenvalue weighted by Crippen LogP contribution is 2.59. The molecule has 0 spiro atoms. The second-order valence-electron chi connectivity index (χ2n) is 5.87. The van der Waals surface area contributed by atoms with Crippen LogP contribution in [0.3, 0.4) is 0 Å². The molecule has 9 heteroatoms. The SMILES string of the molecule is COP(=S)(OC)SCCOC(=O)C(C)(C)CCN1CCOCC1. The highest BCUT2D eigenvalue weighted by Gasteiger charge is 2.30. The first-order valence-electron chi connectivity index (χ1n) is 7.66. The van der Waals surface area contributed by atoms with Gasteiger partial charge in [0.15, 0.2) is 0 Å². The minimum absolute atomic E-state index is 0.172. The monoisotopic (exact) mass is 385 g/mol. The van der Waals surface area contributed by atoms with E-state index in [-0.39, 0.29) is 5.97 Å². The molecule has 6 nitrogen and oxygen atoms in total. The van der Waals surface area contributed by atoms with Crippen LogP contribution < -0.4 is 0 Å². The highest BCUT2D eigenvalue weighted by molar-refractivity contribution is 8.67. The molecule has 0 saturated carbocycles. The van der Waals surface area contributed by atoms with Crippen LogP contribution in [0.1, 0.15) is 20.3 Å². The zero-order valence-electron chi connectivity index (χ0n) is 14.4. The van der Waals surface area contributed by atoms with Gasteiger partial charge in [-0.3, -0.25) is 9.69 Å². The molecule has 0 bridgehead atoms. The van der Waals surface area contributed by atoms with Crippen molar-refractivity contribution in [1.29, 1.82) is 0 Å². The lowest BCUT2D eigenvalue weighted by Gasteiger charge is -2.30. The van der Waals surface area contributed by atoms with E-state index in [1.807, 2.05) is 13.8 Å². The first kappa shape index (κ1) is 21.4. The molecule has 1 fully saturated rings. The largest absolute Gasteiger partial charge is 0.464 e. The Morgan fingerprint density at radius 2 is 1.91 bits per heavy atom. The van der Waals surface area contributed by atoms with Crippen molar-refractivity contribution in [3.05, 3.63) is 0 Å². The van der Waals surface area contributed by atoms with Crippen molar-refractivity contribution < 1.29 is 23.3 Å². The van der Waals surface area contributed by atoms with E-state index in [0.29, 0.717) is 12.4 Å². The summed E-state index contributed by atoms with van der Waals surface area (Å²) >= 11 is 6.64. The Bertz CT molecular complexity index is 408. The van der Waals surface area contributed by atoms with Gasteiger partial charge in [0, 0.05) is 33.1 Å². The zero-order chi connectivity index (χ0) is 17.3. The molecular weight excluding hydrogens is 357 g/mol. The van der Waals surface area contributed by atoms with Gasteiger partial charge in [-0.05, 0) is 38.6 Å². The van der Waals surface area contributed by atoms with Gasteiger partial charge in [0.2, 0.25) is 5.69 Å². The molecule has 23 heavy (non-hydrogen) atoms. The van der Waals surface area contributed by atoms with Gasteiger partial charge in [-0.1, -0.05) is 11.4 Å². The zero-order valence-corrected chi connectivity index (χ0v) is 16.9. The van der Waals surface area contributed by atoms with Crippen LogP contribution in [0, 0.1) is 5.41 Å². The summed E-state index contributed by atoms with van der Waals surface area (Å²) < 4.78 is 21.1. The molecule has 1 aliphatic rings. The van der Waals surface area contributed by atoms with E-state index in [1.165, 1.54) is 25.6 Å². The van der Waals surface area contributed by atoms with Crippen LogP contribution >= 0.6 is 17.1 Å². The number of carbonyl (C=O) groups is 1.